The molecule has 15 heavy (non-hydrogen) atoms. The van der Waals surface area contributed by atoms with Gasteiger partial charge in [0.2, 0.25) is 5.91 Å². The summed E-state index contributed by atoms with van der Waals surface area (Å²) in [5.74, 6) is 0.380. The number of primary amides is 1. The van der Waals surface area contributed by atoms with Gasteiger partial charge in [-0.3, -0.25) is 4.79 Å². The number of rotatable bonds is 3. The molecule has 3 heteroatoms. The van der Waals surface area contributed by atoms with Crippen LogP contribution < -0.4 is 10.5 Å². The quantitative estimate of drug-likeness (QED) is 0.765. The first-order valence-electron chi connectivity index (χ1n) is 4.67. The second-order valence-electron chi connectivity index (χ2n) is 3.41. The van der Waals surface area contributed by atoms with Gasteiger partial charge in [0, 0.05) is 6.08 Å². The van der Waals surface area contributed by atoms with E-state index >= 15 is 0 Å². The summed E-state index contributed by atoms with van der Waals surface area (Å²) in [4.78, 5) is 10.6. The molecule has 0 saturated heterocycles. The normalized spacial score (nSPS) is 10.6. The van der Waals surface area contributed by atoms with Crippen LogP contribution in [0.5, 0.6) is 5.75 Å². The lowest BCUT2D eigenvalue weighted by atomic mass is 10.0. The molecule has 0 radical (unpaired) electrons. The standard InChI is InChI=1S/C12H15NO2/c1-8-6-10(15-3)7-9(2)11(8)4-5-12(13)14/h4-7H,1-3H3,(H2,13,14)/b5-4+. The van der Waals surface area contributed by atoms with Gasteiger partial charge in [-0.15, -0.1) is 0 Å². The van der Waals surface area contributed by atoms with E-state index in [4.69, 9.17) is 10.5 Å². The fourth-order valence-electron chi connectivity index (χ4n) is 1.48. The van der Waals surface area contributed by atoms with Crippen molar-refractivity contribution >= 4 is 12.0 Å². The number of amides is 1. The maximum Gasteiger partial charge on any atom is 0.241 e. The van der Waals surface area contributed by atoms with Crippen molar-refractivity contribution in [3.05, 3.63) is 34.9 Å². The van der Waals surface area contributed by atoms with Crippen LogP contribution in [0.25, 0.3) is 6.08 Å². The summed E-state index contributed by atoms with van der Waals surface area (Å²) in [5, 5.41) is 0. The molecule has 0 saturated carbocycles. The summed E-state index contributed by atoms with van der Waals surface area (Å²) in [6.07, 6.45) is 3.09. The van der Waals surface area contributed by atoms with Gasteiger partial charge in [-0.2, -0.15) is 0 Å². The van der Waals surface area contributed by atoms with Crippen LogP contribution in [0.2, 0.25) is 0 Å². The zero-order valence-corrected chi connectivity index (χ0v) is 9.20. The van der Waals surface area contributed by atoms with Crippen molar-refractivity contribution in [1.82, 2.24) is 0 Å². The maximum absolute atomic E-state index is 10.6. The number of hydrogen-bond donors (Lipinski definition) is 1. The molecule has 1 rings (SSSR count). The van der Waals surface area contributed by atoms with E-state index < -0.39 is 5.91 Å². The number of nitrogens with two attached hydrogens (primary N) is 1. The van der Waals surface area contributed by atoms with E-state index in [1.165, 1.54) is 6.08 Å². The van der Waals surface area contributed by atoms with E-state index in [9.17, 15) is 4.79 Å². The van der Waals surface area contributed by atoms with Crippen LogP contribution in [0.4, 0.5) is 0 Å². The van der Waals surface area contributed by atoms with E-state index in [0.717, 1.165) is 22.4 Å². The third kappa shape index (κ3) is 2.84. The van der Waals surface area contributed by atoms with Gasteiger partial charge in [-0.05, 0) is 48.7 Å². The molecule has 1 aromatic carbocycles. The molecule has 80 valence electrons. The second kappa shape index (κ2) is 4.64. The number of ether oxygens (including phenoxy) is 1. The molecule has 0 aliphatic heterocycles. The third-order valence-electron chi connectivity index (χ3n) is 2.22. The van der Waals surface area contributed by atoms with Gasteiger partial charge >= 0.3 is 0 Å². The smallest absolute Gasteiger partial charge is 0.241 e. The summed E-state index contributed by atoms with van der Waals surface area (Å²) >= 11 is 0. The first-order chi connectivity index (χ1) is 7.04. The predicted molar refractivity (Wildman–Crippen MR) is 60.7 cm³/mol. The summed E-state index contributed by atoms with van der Waals surface area (Å²) in [6.45, 7) is 3.94. The summed E-state index contributed by atoms with van der Waals surface area (Å²) < 4.78 is 5.14. The molecule has 0 unspecified atom stereocenters. The summed E-state index contributed by atoms with van der Waals surface area (Å²) in [7, 11) is 1.63. The van der Waals surface area contributed by atoms with Gasteiger partial charge in [-0.25, -0.2) is 0 Å². The molecule has 0 aliphatic rings. The van der Waals surface area contributed by atoms with Crippen LogP contribution in [0.15, 0.2) is 18.2 Å². The second-order valence-corrected chi connectivity index (χ2v) is 3.41. The van der Waals surface area contributed by atoms with Crippen LogP contribution in [0.1, 0.15) is 16.7 Å². The number of methoxy groups -OCH3 is 1. The van der Waals surface area contributed by atoms with Crippen LogP contribution >= 0.6 is 0 Å². The Bertz CT molecular complexity index is 385. The van der Waals surface area contributed by atoms with Gasteiger partial charge in [-0.1, -0.05) is 0 Å². The predicted octanol–water partition coefficient (Wildman–Crippen LogP) is 1.81. The largest absolute Gasteiger partial charge is 0.497 e. The average molecular weight is 205 g/mol. The SMILES string of the molecule is COc1cc(C)c(/C=C/C(N)=O)c(C)c1. The number of hydrogen-bond acceptors (Lipinski definition) is 2. The number of carbonyl (C=O) groups excluding carboxylic acids is 1. The van der Waals surface area contributed by atoms with Crippen LogP contribution in [0, 0.1) is 13.8 Å². The summed E-state index contributed by atoms with van der Waals surface area (Å²) in [5.41, 5.74) is 8.17. The lowest BCUT2D eigenvalue weighted by molar-refractivity contribution is -0.113. The first kappa shape index (κ1) is 11.3. The topological polar surface area (TPSA) is 52.3 Å². The Labute approximate surface area is 89.5 Å². The van der Waals surface area contributed by atoms with E-state index in [0.29, 0.717) is 0 Å². The lowest BCUT2D eigenvalue weighted by Gasteiger charge is -2.08. The van der Waals surface area contributed by atoms with Crippen LogP contribution in [0.3, 0.4) is 0 Å². The molecule has 2 N–H and O–H groups in total. The highest BCUT2D eigenvalue weighted by atomic mass is 16.5. The van der Waals surface area contributed by atoms with E-state index in [1.807, 2.05) is 26.0 Å². The van der Waals surface area contributed by atoms with Crippen molar-refractivity contribution in [2.45, 2.75) is 13.8 Å². The zero-order chi connectivity index (χ0) is 11.4. The van der Waals surface area contributed by atoms with E-state index in [2.05, 4.69) is 0 Å². The Morgan fingerprint density at radius 2 is 1.87 bits per heavy atom. The number of carbonyl (C=O) groups is 1. The summed E-state index contributed by atoms with van der Waals surface area (Å²) in [6, 6.07) is 3.85. The number of aryl methyl sites for hydroxylation is 2. The van der Waals surface area contributed by atoms with E-state index in [-0.39, 0.29) is 0 Å². The lowest BCUT2D eigenvalue weighted by Crippen LogP contribution is -2.05. The van der Waals surface area contributed by atoms with Crippen LogP contribution in [-0.2, 0) is 4.79 Å². The molecule has 0 bridgehead atoms. The highest BCUT2D eigenvalue weighted by molar-refractivity contribution is 5.90. The molecule has 0 aromatic heterocycles. The van der Waals surface area contributed by atoms with Gasteiger partial charge in [0.1, 0.15) is 5.75 Å². The fraction of sp³-hybridized carbons (Fsp3) is 0.250. The van der Waals surface area contributed by atoms with Crippen molar-refractivity contribution in [3.63, 3.8) is 0 Å². The Kier molecular flexibility index (Phi) is 3.50. The first-order valence-corrected chi connectivity index (χ1v) is 4.67. The molecule has 0 heterocycles. The van der Waals surface area contributed by atoms with Crippen molar-refractivity contribution in [2.24, 2.45) is 5.73 Å². The van der Waals surface area contributed by atoms with Crippen LogP contribution in [-0.4, -0.2) is 13.0 Å². The maximum atomic E-state index is 10.6. The van der Waals surface area contributed by atoms with Crippen molar-refractivity contribution < 1.29 is 9.53 Å². The Morgan fingerprint density at radius 3 is 2.27 bits per heavy atom. The third-order valence-corrected chi connectivity index (χ3v) is 2.22. The minimum absolute atomic E-state index is 0.440. The van der Waals surface area contributed by atoms with Gasteiger partial charge in [0.25, 0.3) is 0 Å². The molecule has 0 spiro atoms. The molecular weight excluding hydrogens is 190 g/mol. The number of benzene rings is 1. The van der Waals surface area contributed by atoms with Crippen molar-refractivity contribution in [1.29, 1.82) is 0 Å². The monoisotopic (exact) mass is 205 g/mol. The zero-order valence-electron chi connectivity index (χ0n) is 9.20. The van der Waals surface area contributed by atoms with Gasteiger partial charge < -0.3 is 10.5 Å². The fourth-order valence-corrected chi connectivity index (χ4v) is 1.48. The van der Waals surface area contributed by atoms with Crippen molar-refractivity contribution in [3.8, 4) is 5.75 Å². The average Bonchev–Trinajstić information content (AvgIpc) is 2.15. The Balaban J connectivity index is 3.14. The van der Waals surface area contributed by atoms with E-state index in [1.54, 1.807) is 13.2 Å². The van der Waals surface area contributed by atoms with Crippen molar-refractivity contribution in [2.75, 3.05) is 7.11 Å². The Morgan fingerprint density at radius 1 is 1.33 bits per heavy atom. The highest BCUT2D eigenvalue weighted by Crippen LogP contribution is 2.22. The molecular formula is C12H15NO2. The molecule has 0 aliphatic carbocycles. The minimum Gasteiger partial charge on any atom is -0.497 e. The molecule has 0 fully saturated rings. The van der Waals surface area contributed by atoms with Gasteiger partial charge in [0.05, 0.1) is 7.11 Å². The molecule has 1 aromatic rings. The van der Waals surface area contributed by atoms with Gasteiger partial charge in [0.15, 0.2) is 0 Å². The molecule has 3 nitrogen and oxygen atoms in total. The minimum atomic E-state index is -0.440. The molecule has 0 atom stereocenters. The highest BCUT2D eigenvalue weighted by Gasteiger charge is 2.02. The molecule has 1 amide bonds. The Hall–Kier alpha value is -1.77.